The van der Waals surface area contributed by atoms with E-state index in [4.69, 9.17) is 9.88 Å². The van der Waals surface area contributed by atoms with Gasteiger partial charge >= 0.3 is 0 Å². The van der Waals surface area contributed by atoms with Gasteiger partial charge in [0.1, 0.15) is 10.6 Å². The molecule has 0 radical (unpaired) electrons. The predicted octanol–water partition coefficient (Wildman–Crippen LogP) is 1.67. The number of benzene rings is 2. The fraction of sp³-hybridized carbons (Fsp3) is 0.381. The van der Waals surface area contributed by atoms with Crippen LogP contribution in [0, 0.1) is 0 Å². The molecule has 1 saturated heterocycles. The Labute approximate surface area is 171 Å². The number of carbonyl (C=O) groups is 1. The van der Waals surface area contributed by atoms with E-state index < -0.39 is 10.0 Å². The first kappa shape index (κ1) is 21.3. The third-order valence-electron chi connectivity index (χ3n) is 5.14. The zero-order chi connectivity index (χ0) is 20.9. The molecule has 0 aromatic heterocycles. The van der Waals surface area contributed by atoms with Crippen LogP contribution in [0.15, 0.2) is 53.4 Å². The molecule has 2 aromatic rings. The smallest absolute Gasteiger partial charge is 0.241 e. The number of carbonyl (C=O) groups excluding carboxylic acids is 1. The lowest BCUT2D eigenvalue weighted by Gasteiger charge is -2.23. The van der Waals surface area contributed by atoms with Gasteiger partial charge in [0.2, 0.25) is 15.9 Å². The number of sulfonamides is 1. The molecule has 8 heteroatoms. The Kier molecular flexibility index (Phi) is 6.89. The molecule has 0 saturated carbocycles. The lowest BCUT2D eigenvalue weighted by Crippen LogP contribution is -2.43. The summed E-state index contributed by atoms with van der Waals surface area (Å²) in [5.74, 6) is 0.224. The monoisotopic (exact) mass is 417 g/mol. The van der Waals surface area contributed by atoms with Crippen molar-refractivity contribution in [3.8, 4) is 5.75 Å². The number of likely N-dealkylation sites (tertiary alicyclic amines) is 1. The first-order chi connectivity index (χ1) is 13.9. The summed E-state index contributed by atoms with van der Waals surface area (Å²) in [5.41, 5.74) is 1.96. The van der Waals surface area contributed by atoms with Gasteiger partial charge in [-0.05, 0) is 49.1 Å². The van der Waals surface area contributed by atoms with Crippen molar-refractivity contribution in [2.75, 3.05) is 20.2 Å². The van der Waals surface area contributed by atoms with E-state index in [1.54, 1.807) is 12.1 Å². The largest absolute Gasteiger partial charge is 0.495 e. The third kappa shape index (κ3) is 5.56. The summed E-state index contributed by atoms with van der Waals surface area (Å²) < 4.78 is 28.5. The van der Waals surface area contributed by atoms with Gasteiger partial charge in [-0.25, -0.2) is 13.6 Å². The molecule has 0 unspecified atom stereocenters. The van der Waals surface area contributed by atoms with Gasteiger partial charge in [0.25, 0.3) is 0 Å². The Bertz CT molecular complexity index is 948. The molecule has 1 amide bonds. The van der Waals surface area contributed by atoms with Gasteiger partial charge in [-0.2, -0.15) is 0 Å². The highest BCUT2D eigenvalue weighted by atomic mass is 32.2. The Morgan fingerprint density at radius 3 is 2.66 bits per heavy atom. The van der Waals surface area contributed by atoms with Crippen LogP contribution in [0.3, 0.4) is 0 Å². The van der Waals surface area contributed by atoms with Crippen molar-refractivity contribution >= 4 is 15.9 Å². The van der Waals surface area contributed by atoms with Crippen LogP contribution < -0.4 is 15.2 Å². The molecule has 1 aliphatic rings. The zero-order valence-corrected chi connectivity index (χ0v) is 17.3. The van der Waals surface area contributed by atoms with E-state index in [9.17, 15) is 13.2 Å². The minimum atomic E-state index is -3.88. The van der Waals surface area contributed by atoms with Crippen molar-refractivity contribution in [1.29, 1.82) is 0 Å². The van der Waals surface area contributed by atoms with Gasteiger partial charge in [0, 0.05) is 13.1 Å². The number of hydrogen-bond acceptors (Lipinski definition) is 5. The van der Waals surface area contributed by atoms with Gasteiger partial charge in [-0.1, -0.05) is 36.4 Å². The molecule has 3 rings (SSSR count). The maximum Gasteiger partial charge on any atom is 0.241 e. The summed E-state index contributed by atoms with van der Waals surface area (Å²) in [5, 5.41) is 8.24. The topological polar surface area (TPSA) is 102 Å². The fourth-order valence-electron chi connectivity index (χ4n) is 3.68. The highest BCUT2D eigenvalue weighted by Crippen LogP contribution is 2.24. The van der Waals surface area contributed by atoms with E-state index in [2.05, 4.69) is 22.3 Å². The Morgan fingerprint density at radius 1 is 1.21 bits per heavy atom. The number of nitrogens with two attached hydrogens (primary N) is 1. The zero-order valence-electron chi connectivity index (χ0n) is 16.5. The Morgan fingerprint density at radius 2 is 1.97 bits per heavy atom. The van der Waals surface area contributed by atoms with Gasteiger partial charge in [-0.15, -0.1) is 0 Å². The van der Waals surface area contributed by atoms with E-state index in [1.165, 1.54) is 18.7 Å². The molecule has 0 aliphatic carbocycles. The molecule has 156 valence electrons. The maximum atomic E-state index is 12.7. The quantitative estimate of drug-likeness (QED) is 0.680. The number of amides is 1. The second-order valence-corrected chi connectivity index (χ2v) is 8.72. The first-order valence-corrected chi connectivity index (χ1v) is 11.2. The van der Waals surface area contributed by atoms with Crippen LogP contribution in [-0.2, 0) is 27.8 Å². The van der Waals surface area contributed by atoms with Gasteiger partial charge in [-0.3, -0.25) is 9.69 Å². The van der Waals surface area contributed by atoms with Crippen LogP contribution in [0.1, 0.15) is 24.0 Å². The van der Waals surface area contributed by atoms with Crippen molar-refractivity contribution in [3.05, 3.63) is 59.7 Å². The molecule has 2 aromatic carbocycles. The third-order valence-corrected chi connectivity index (χ3v) is 6.07. The number of nitrogens with zero attached hydrogens (tertiary/aromatic N) is 1. The molecular weight excluding hydrogens is 390 g/mol. The number of hydrogen-bond donors (Lipinski definition) is 2. The molecule has 1 fully saturated rings. The van der Waals surface area contributed by atoms with E-state index in [-0.39, 0.29) is 22.6 Å². The normalized spacial score (nSPS) is 17.2. The fourth-order valence-corrected chi connectivity index (χ4v) is 4.42. The van der Waals surface area contributed by atoms with Gasteiger partial charge in [0.15, 0.2) is 0 Å². The number of nitrogens with one attached hydrogen (secondary N) is 1. The molecule has 1 atom stereocenters. The van der Waals surface area contributed by atoms with Crippen LogP contribution in [-0.4, -0.2) is 45.5 Å². The summed E-state index contributed by atoms with van der Waals surface area (Å²) in [6, 6.07) is 14.9. The van der Waals surface area contributed by atoms with Crippen molar-refractivity contribution in [2.24, 2.45) is 5.14 Å². The van der Waals surface area contributed by atoms with Gasteiger partial charge < -0.3 is 10.1 Å². The van der Waals surface area contributed by atoms with Crippen LogP contribution in [0.5, 0.6) is 5.75 Å². The average Bonchev–Trinajstić information content (AvgIpc) is 3.16. The van der Waals surface area contributed by atoms with Crippen LogP contribution in [0.4, 0.5) is 0 Å². The first-order valence-electron chi connectivity index (χ1n) is 9.64. The molecular formula is C21H27N3O4S. The molecule has 3 N–H and O–H groups in total. The minimum Gasteiger partial charge on any atom is -0.495 e. The SMILES string of the molecule is COc1ccc(CCNC(=O)[C@@H]2CCCN2Cc2ccccc2)cc1S(N)(=O)=O. The molecule has 7 nitrogen and oxygen atoms in total. The van der Waals surface area contributed by atoms with E-state index in [0.29, 0.717) is 13.0 Å². The summed E-state index contributed by atoms with van der Waals surface area (Å²) in [4.78, 5) is 14.8. The standard InChI is InChI=1S/C21H27N3O4S/c1-28-19-10-9-16(14-20(19)29(22,26)27)11-12-23-21(25)18-8-5-13-24(18)15-17-6-3-2-4-7-17/h2-4,6-7,9-10,14,18H,5,8,11-13,15H2,1H3,(H,23,25)(H2,22,26,27)/t18-/m0/s1. The number of rotatable bonds is 8. The lowest BCUT2D eigenvalue weighted by atomic mass is 10.1. The molecule has 0 bridgehead atoms. The van der Waals surface area contributed by atoms with Crippen molar-refractivity contribution < 1.29 is 17.9 Å². The average molecular weight is 418 g/mol. The van der Waals surface area contributed by atoms with Crippen molar-refractivity contribution in [2.45, 2.75) is 36.7 Å². The van der Waals surface area contributed by atoms with Crippen LogP contribution in [0.25, 0.3) is 0 Å². The second kappa shape index (κ2) is 9.39. The van der Waals surface area contributed by atoms with Crippen molar-refractivity contribution in [3.63, 3.8) is 0 Å². The summed E-state index contributed by atoms with van der Waals surface area (Å²) in [7, 11) is -2.48. The molecule has 1 aliphatic heterocycles. The summed E-state index contributed by atoms with van der Waals surface area (Å²) >= 11 is 0. The lowest BCUT2D eigenvalue weighted by molar-refractivity contribution is -0.125. The molecule has 0 spiro atoms. The minimum absolute atomic E-state index is 0.0126. The number of methoxy groups -OCH3 is 1. The highest BCUT2D eigenvalue weighted by Gasteiger charge is 2.30. The van der Waals surface area contributed by atoms with E-state index >= 15 is 0 Å². The number of primary sulfonamides is 1. The van der Waals surface area contributed by atoms with Crippen LogP contribution >= 0.6 is 0 Å². The Hall–Kier alpha value is -2.42. The van der Waals surface area contributed by atoms with Crippen LogP contribution in [0.2, 0.25) is 0 Å². The summed E-state index contributed by atoms with van der Waals surface area (Å²) in [6.45, 7) is 2.09. The highest BCUT2D eigenvalue weighted by molar-refractivity contribution is 7.89. The van der Waals surface area contributed by atoms with Gasteiger partial charge in [0.05, 0.1) is 13.2 Å². The van der Waals surface area contributed by atoms with E-state index in [1.807, 2.05) is 18.2 Å². The molecule has 29 heavy (non-hydrogen) atoms. The maximum absolute atomic E-state index is 12.7. The Balaban J connectivity index is 1.57. The van der Waals surface area contributed by atoms with E-state index in [0.717, 1.165) is 31.5 Å². The molecule has 1 heterocycles. The summed E-state index contributed by atoms with van der Waals surface area (Å²) in [6.07, 6.45) is 2.35. The van der Waals surface area contributed by atoms with Crippen molar-refractivity contribution in [1.82, 2.24) is 10.2 Å². The predicted molar refractivity (Wildman–Crippen MR) is 111 cm³/mol. The second-order valence-electron chi connectivity index (χ2n) is 7.19. The number of ether oxygens (including phenoxy) is 1.